The van der Waals surface area contributed by atoms with Crippen molar-refractivity contribution in [2.75, 3.05) is 12.3 Å². The van der Waals surface area contributed by atoms with Crippen molar-refractivity contribution in [2.24, 2.45) is 11.0 Å². The zero-order valence-electron chi connectivity index (χ0n) is 20.3. The van der Waals surface area contributed by atoms with Crippen molar-refractivity contribution in [1.29, 1.82) is 0 Å². The zero-order chi connectivity index (χ0) is 30.0. The molecule has 3 unspecified atom stereocenters. The second-order valence-electron chi connectivity index (χ2n) is 8.34. The summed E-state index contributed by atoms with van der Waals surface area (Å²) < 4.78 is 54.4. The fraction of sp³-hybridized carbons (Fsp3) is 0.438. The van der Waals surface area contributed by atoms with Crippen molar-refractivity contribution in [3.63, 3.8) is 0 Å². The molecule has 7 N–H and O–H groups in total. The summed E-state index contributed by atoms with van der Waals surface area (Å²) in [4.78, 5) is 71.2. The lowest BCUT2D eigenvalue weighted by atomic mass is 9.93. The highest BCUT2D eigenvalue weighted by Gasteiger charge is 2.44. The van der Waals surface area contributed by atoms with Crippen molar-refractivity contribution in [2.45, 2.75) is 31.7 Å². The van der Waals surface area contributed by atoms with Crippen LogP contribution in [0.4, 0.5) is 5.82 Å². The molecule has 0 saturated carbocycles. The lowest BCUT2D eigenvalue weighted by molar-refractivity contribution is -0.0287. The molecule has 0 aromatic carbocycles. The van der Waals surface area contributed by atoms with Gasteiger partial charge in [-0.1, -0.05) is 5.11 Å². The molecule has 25 heteroatoms. The summed E-state index contributed by atoms with van der Waals surface area (Å²) in [5.41, 5.74) is 15.2. The Bertz CT molecular complexity index is 1630. The molecule has 0 aliphatic carbocycles. The maximum absolute atomic E-state index is 13.1. The number of azide groups is 1. The summed E-state index contributed by atoms with van der Waals surface area (Å²) in [5.74, 6) is -1.15. The number of imidazole rings is 2. The maximum Gasteiger partial charge on any atom is 0.490 e. The number of nitrogens with zero attached hydrogens (tertiary/aromatic N) is 8. The van der Waals surface area contributed by atoms with Gasteiger partial charge < -0.3 is 35.0 Å². The number of hydrogen-bond donors (Lipinski definition) is 6. The number of rotatable bonds is 13. The molecule has 5 atom stereocenters. The number of carbonyl (C=O) groups is 1. The molecule has 0 radical (unpaired) electrons. The number of phosphoric ester groups is 1. The minimum Gasteiger partial charge on any atom is -0.382 e. The van der Waals surface area contributed by atoms with Crippen molar-refractivity contribution in [1.82, 2.24) is 29.5 Å². The highest BCUT2D eigenvalue weighted by Crippen LogP contribution is 2.66. The Hall–Kier alpha value is -3.09. The summed E-state index contributed by atoms with van der Waals surface area (Å²) in [6.45, 7) is -0.979. The number of Topliss-reactive ketones (excluding diaryl/α,β-unsaturated/α-hetero) is 1. The van der Waals surface area contributed by atoms with Gasteiger partial charge in [-0.2, -0.15) is 8.62 Å². The van der Waals surface area contributed by atoms with Gasteiger partial charge in [-0.15, -0.1) is 0 Å². The summed E-state index contributed by atoms with van der Waals surface area (Å²) >= 11 is 0. The Morgan fingerprint density at radius 1 is 1.20 bits per heavy atom. The van der Waals surface area contributed by atoms with Crippen LogP contribution < -0.4 is 5.73 Å². The molecule has 3 aromatic heterocycles. The minimum absolute atomic E-state index is 0.0129. The van der Waals surface area contributed by atoms with Gasteiger partial charge in [0, 0.05) is 11.3 Å². The van der Waals surface area contributed by atoms with Gasteiger partial charge in [0.2, 0.25) is 0 Å². The van der Waals surface area contributed by atoms with Gasteiger partial charge in [-0.25, -0.2) is 33.6 Å². The highest BCUT2D eigenvalue weighted by atomic mass is 31.3. The summed E-state index contributed by atoms with van der Waals surface area (Å²) in [5, 5.41) is 3.40. The fourth-order valence-electron chi connectivity index (χ4n) is 4.02. The van der Waals surface area contributed by atoms with E-state index in [1.807, 2.05) is 0 Å². The van der Waals surface area contributed by atoms with Crippen LogP contribution in [0.15, 0.2) is 24.1 Å². The van der Waals surface area contributed by atoms with Crippen LogP contribution in [0.5, 0.6) is 0 Å². The van der Waals surface area contributed by atoms with Gasteiger partial charge in [0.15, 0.2) is 17.2 Å². The largest absolute Gasteiger partial charge is 0.490 e. The summed E-state index contributed by atoms with van der Waals surface area (Å²) in [7, 11) is -16.8. The number of nitrogen functional groups attached to an aromatic ring is 1. The Balaban J connectivity index is 1.55. The number of anilines is 1. The van der Waals surface area contributed by atoms with E-state index in [4.69, 9.17) is 30.3 Å². The topological polar surface area (TPSA) is 333 Å². The van der Waals surface area contributed by atoms with Crippen molar-refractivity contribution < 1.29 is 55.9 Å². The van der Waals surface area contributed by atoms with Crippen LogP contribution >= 0.6 is 23.5 Å². The molecule has 3 aromatic rings. The molecule has 22 nitrogen and oxygen atoms in total. The van der Waals surface area contributed by atoms with Crippen LogP contribution in [0, 0.1) is 5.92 Å². The molecule has 0 amide bonds. The molecule has 1 fully saturated rings. The van der Waals surface area contributed by atoms with Crippen LogP contribution in [0.3, 0.4) is 0 Å². The first-order valence-corrected chi connectivity index (χ1v) is 15.6. The molecule has 4 rings (SSSR count). The first-order valence-electron chi connectivity index (χ1n) is 11.1. The van der Waals surface area contributed by atoms with E-state index in [1.54, 1.807) is 0 Å². The number of carbonyl (C=O) groups excluding carboxylic acids is 1. The number of nitrogens with one attached hydrogen (secondary N) is 1. The van der Waals surface area contributed by atoms with Gasteiger partial charge in [-0.3, -0.25) is 13.9 Å². The molecule has 0 bridgehead atoms. The molecular formula is C16H21N10O12P3. The van der Waals surface area contributed by atoms with E-state index < -0.39 is 54.1 Å². The third-order valence-corrected chi connectivity index (χ3v) is 9.40. The number of hydrogen-bond acceptors (Lipinski definition) is 14. The number of ketones is 1. The Labute approximate surface area is 228 Å². The van der Waals surface area contributed by atoms with Crippen molar-refractivity contribution >= 4 is 46.2 Å². The van der Waals surface area contributed by atoms with Crippen LogP contribution in [0.25, 0.3) is 21.6 Å². The highest BCUT2D eigenvalue weighted by molar-refractivity contribution is 7.66. The quantitative estimate of drug-likeness (QED) is 0.0507. The first-order chi connectivity index (χ1) is 19.2. The number of nitrogens with two attached hydrogens (primary N) is 1. The van der Waals surface area contributed by atoms with Crippen LogP contribution in [0.2, 0.25) is 0 Å². The van der Waals surface area contributed by atoms with Crippen LogP contribution in [-0.2, 0) is 38.1 Å². The average molecular weight is 638 g/mol. The third kappa shape index (κ3) is 7.81. The second-order valence-corrected chi connectivity index (χ2v) is 12.8. The number of phosphoric acid groups is 3. The lowest BCUT2D eigenvalue weighted by Crippen LogP contribution is -2.25. The fourth-order valence-corrected chi connectivity index (χ4v) is 7.05. The molecule has 1 aliphatic rings. The predicted molar refractivity (Wildman–Crippen MR) is 132 cm³/mol. The van der Waals surface area contributed by atoms with Crippen LogP contribution in [-0.4, -0.2) is 67.6 Å². The summed E-state index contributed by atoms with van der Waals surface area (Å²) in [6, 6.07) is 0. The molecule has 1 saturated heterocycles. The van der Waals surface area contributed by atoms with Crippen LogP contribution in [0.1, 0.15) is 35.3 Å². The lowest BCUT2D eigenvalue weighted by Gasteiger charge is -2.21. The Morgan fingerprint density at radius 2 is 1.95 bits per heavy atom. The van der Waals surface area contributed by atoms with Gasteiger partial charge in [0.1, 0.15) is 23.8 Å². The zero-order valence-corrected chi connectivity index (χ0v) is 23.0. The van der Waals surface area contributed by atoms with Gasteiger partial charge in [0.25, 0.3) is 0 Å². The smallest absolute Gasteiger partial charge is 0.382 e. The molecule has 41 heavy (non-hydrogen) atoms. The van der Waals surface area contributed by atoms with Gasteiger partial charge in [0.05, 0.1) is 37.6 Å². The SMILES string of the molecule is [N-]=[N+]=NCc1[nH]cnc1C(=O)CC1C[C@H](n2cnc3c(N)ncnc32)O[C@@H]1COP(=O)(O)OP(=O)(O)OP(=O)(O)O. The van der Waals surface area contributed by atoms with Gasteiger partial charge in [-0.05, 0) is 17.9 Å². The van der Waals surface area contributed by atoms with E-state index in [2.05, 4.69) is 43.6 Å². The molecule has 1 aliphatic heterocycles. The number of fused-ring (bicyclic) bond motifs is 1. The number of H-pyrrole nitrogens is 1. The van der Waals surface area contributed by atoms with E-state index in [0.717, 1.165) is 0 Å². The molecule has 0 spiro atoms. The molecular weight excluding hydrogens is 617 g/mol. The summed E-state index contributed by atoms with van der Waals surface area (Å²) in [6.07, 6.45) is 1.64. The van der Waals surface area contributed by atoms with Gasteiger partial charge >= 0.3 is 23.5 Å². The van der Waals surface area contributed by atoms with E-state index in [9.17, 15) is 28.3 Å². The number of aromatic amines is 1. The van der Waals surface area contributed by atoms with Crippen molar-refractivity contribution in [3.8, 4) is 0 Å². The monoisotopic (exact) mass is 638 g/mol. The number of ether oxygens (including phenoxy) is 1. The normalized spacial score (nSPS) is 22.2. The van der Waals surface area contributed by atoms with E-state index in [-0.39, 0.29) is 47.8 Å². The van der Waals surface area contributed by atoms with E-state index in [0.29, 0.717) is 0 Å². The first kappa shape index (κ1) is 30.9. The third-order valence-electron chi connectivity index (χ3n) is 5.60. The minimum atomic E-state index is -5.75. The maximum atomic E-state index is 13.1. The second kappa shape index (κ2) is 12.0. The average Bonchev–Trinajstić information content (AvgIpc) is 3.58. The standard InChI is InChI=1S/C16H21N10O12P3/c17-15-14-16(22-6-21-15)26(7-23-14)12-2-8(1-10(27)13-9(3-24-25-18)19-5-20-13)11(36-12)4-35-40(31,32)38-41(33,34)37-39(28,29)30/h5-8,11-12H,1-4H2,(H,19,20)(H,31,32)(H,33,34)(H2,17,21,22)(H2,28,29,30)/t8?,11-,12-/m1/s1. The van der Waals surface area contributed by atoms with E-state index >= 15 is 0 Å². The number of aromatic nitrogens is 6. The Morgan fingerprint density at radius 3 is 2.66 bits per heavy atom. The molecule has 4 heterocycles. The Kier molecular flexibility index (Phi) is 9.05. The van der Waals surface area contributed by atoms with E-state index in [1.165, 1.54) is 23.5 Å². The predicted octanol–water partition coefficient (Wildman–Crippen LogP) is 1.46. The molecule has 222 valence electrons. The van der Waals surface area contributed by atoms with Crippen molar-refractivity contribution in [3.05, 3.63) is 40.8 Å².